The van der Waals surface area contributed by atoms with E-state index in [1.54, 1.807) is 12.3 Å². The summed E-state index contributed by atoms with van der Waals surface area (Å²) >= 11 is 0. The van der Waals surface area contributed by atoms with E-state index in [9.17, 15) is 5.11 Å². The highest BCUT2D eigenvalue weighted by atomic mass is 16.3. The van der Waals surface area contributed by atoms with E-state index in [1.807, 2.05) is 43.3 Å². The van der Waals surface area contributed by atoms with E-state index in [4.69, 9.17) is 5.11 Å². The Kier molecular flexibility index (Phi) is 3.41. The first-order valence-corrected chi connectivity index (χ1v) is 6.61. The Morgan fingerprint density at radius 3 is 2.48 bits per heavy atom. The van der Waals surface area contributed by atoms with Crippen molar-refractivity contribution in [1.29, 1.82) is 0 Å². The lowest BCUT2D eigenvalue weighted by Crippen LogP contribution is -1.98. The Morgan fingerprint density at radius 1 is 1.10 bits per heavy atom. The van der Waals surface area contributed by atoms with E-state index in [-0.39, 0.29) is 12.5 Å². The van der Waals surface area contributed by atoms with Crippen molar-refractivity contribution in [3.05, 3.63) is 59.9 Å². The number of hydrogen-bond donors (Lipinski definition) is 2. The van der Waals surface area contributed by atoms with Crippen LogP contribution in [0.4, 0.5) is 0 Å². The molecule has 0 amide bonds. The van der Waals surface area contributed by atoms with Gasteiger partial charge in [0.25, 0.3) is 0 Å². The zero-order valence-electron chi connectivity index (χ0n) is 11.6. The molecule has 2 N–H and O–H groups in total. The molecule has 0 fully saturated rings. The van der Waals surface area contributed by atoms with Gasteiger partial charge in [0.05, 0.1) is 17.9 Å². The highest BCUT2D eigenvalue weighted by molar-refractivity contribution is 5.72. The Balaban J connectivity index is 2.09. The fraction of sp³-hybridized carbons (Fsp3) is 0.125. The molecule has 0 aliphatic carbocycles. The molecule has 5 heteroatoms. The Bertz CT molecular complexity index is 749. The molecule has 106 valence electrons. The number of hydrogen-bond acceptors (Lipinski definition) is 4. The number of nitrogens with zero attached hydrogens (tertiary/aromatic N) is 3. The van der Waals surface area contributed by atoms with Crippen LogP contribution in [0.2, 0.25) is 0 Å². The highest BCUT2D eigenvalue weighted by Gasteiger charge is 2.17. The molecule has 0 bridgehead atoms. The third-order valence-corrected chi connectivity index (χ3v) is 3.33. The molecule has 2 heterocycles. The first-order chi connectivity index (χ1) is 10.2. The van der Waals surface area contributed by atoms with Gasteiger partial charge in [0.2, 0.25) is 5.88 Å². The summed E-state index contributed by atoms with van der Waals surface area (Å²) < 4.78 is 1.42. The smallest absolute Gasteiger partial charge is 0.223 e. The lowest BCUT2D eigenvalue weighted by molar-refractivity contribution is 0.282. The summed E-state index contributed by atoms with van der Waals surface area (Å²) in [6.45, 7) is 1.84. The average molecular weight is 281 g/mol. The van der Waals surface area contributed by atoms with E-state index in [2.05, 4.69) is 10.1 Å². The van der Waals surface area contributed by atoms with Gasteiger partial charge in [-0.2, -0.15) is 9.78 Å². The maximum Gasteiger partial charge on any atom is 0.223 e. The normalized spacial score (nSPS) is 10.8. The van der Waals surface area contributed by atoms with Crippen molar-refractivity contribution in [1.82, 2.24) is 14.8 Å². The SMILES string of the molecule is Cc1nn(-c2ccccn2)c(O)c1-c1ccc(CO)cc1. The zero-order valence-corrected chi connectivity index (χ0v) is 11.6. The minimum atomic E-state index is -0.00155. The molecule has 0 spiro atoms. The van der Waals surface area contributed by atoms with E-state index in [0.29, 0.717) is 11.4 Å². The van der Waals surface area contributed by atoms with Crippen LogP contribution in [0.1, 0.15) is 11.3 Å². The van der Waals surface area contributed by atoms with Crippen LogP contribution in [0.5, 0.6) is 5.88 Å². The van der Waals surface area contributed by atoms with E-state index in [1.165, 1.54) is 4.68 Å². The van der Waals surface area contributed by atoms with Crippen LogP contribution in [-0.4, -0.2) is 25.0 Å². The first-order valence-electron chi connectivity index (χ1n) is 6.61. The van der Waals surface area contributed by atoms with Crippen LogP contribution >= 0.6 is 0 Å². The molecule has 0 radical (unpaired) electrons. The molecular formula is C16H15N3O2. The third-order valence-electron chi connectivity index (χ3n) is 3.33. The quantitative estimate of drug-likeness (QED) is 0.773. The van der Waals surface area contributed by atoms with Crippen molar-refractivity contribution >= 4 is 0 Å². The van der Waals surface area contributed by atoms with Gasteiger partial charge >= 0.3 is 0 Å². The summed E-state index contributed by atoms with van der Waals surface area (Å²) in [4.78, 5) is 4.19. The number of rotatable bonds is 3. The third kappa shape index (κ3) is 2.39. The average Bonchev–Trinajstić information content (AvgIpc) is 2.83. The predicted molar refractivity (Wildman–Crippen MR) is 79.1 cm³/mol. The molecule has 0 atom stereocenters. The van der Waals surface area contributed by atoms with Gasteiger partial charge in [-0.05, 0) is 30.2 Å². The van der Waals surface area contributed by atoms with Gasteiger partial charge in [0, 0.05) is 6.20 Å². The van der Waals surface area contributed by atoms with Crippen LogP contribution in [0.3, 0.4) is 0 Å². The molecule has 0 aliphatic rings. The van der Waals surface area contributed by atoms with Gasteiger partial charge in [-0.15, -0.1) is 0 Å². The number of aliphatic hydroxyl groups is 1. The standard InChI is InChI=1S/C16H15N3O2/c1-11-15(13-7-5-12(10-20)6-8-13)16(21)19(18-11)14-4-2-3-9-17-14/h2-9,20-21H,10H2,1H3. The molecule has 3 rings (SSSR count). The van der Waals surface area contributed by atoms with Gasteiger partial charge in [-0.25, -0.2) is 4.98 Å². The molecule has 0 saturated heterocycles. The summed E-state index contributed by atoms with van der Waals surface area (Å²) in [6.07, 6.45) is 1.65. The molecule has 0 aliphatic heterocycles. The molecule has 1 aromatic carbocycles. The maximum atomic E-state index is 10.5. The van der Waals surface area contributed by atoms with Crippen LogP contribution in [0.15, 0.2) is 48.7 Å². The molecule has 3 aromatic rings. The van der Waals surface area contributed by atoms with Crippen LogP contribution in [-0.2, 0) is 6.61 Å². The van der Waals surface area contributed by atoms with Crippen molar-refractivity contribution in [3.63, 3.8) is 0 Å². The van der Waals surface area contributed by atoms with Gasteiger partial charge in [-0.1, -0.05) is 30.3 Å². The molecule has 2 aromatic heterocycles. The Hall–Kier alpha value is -2.66. The van der Waals surface area contributed by atoms with Gasteiger partial charge in [0.15, 0.2) is 5.82 Å². The predicted octanol–water partition coefficient (Wildman–Crippen LogP) is 2.44. The van der Waals surface area contributed by atoms with E-state index < -0.39 is 0 Å². The Morgan fingerprint density at radius 2 is 1.86 bits per heavy atom. The molecular weight excluding hydrogens is 266 g/mol. The van der Waals surface area contributed by atoms with Crippen LogP contribution in [0.25, 0.3) is 16.9 Å². The molecule has 21 heavy (non-hydrogen) atoms. The number of pyridine rings is 1. The molecule has 0 unspecified atom stereocenters. The maximum absolute atomic E-state index is 10.5. The summed E-state index contributed by atoms with van der Waals surface area (Å²) in [5, 5.41) is 23.9. The minimum Gasteiger partial charge on any atom is -0.493 e. The van der Waals surface area contributed by atoms with E-state index in [0.717, 1.165) is 16.8 Å². The topological polar surface area (TPSA) is 71.2 Å². The monoisotopic (exact) mass is 281 g/mol. The van der Waals surface area contributed by atoms with Gasteiger partial charge in [-0.3, -0.25) is 0 Å². The van der Waals surface area contributed by atoms with Crippen LogP contribution in [0, 0.1) is 6.92 Å². The van der Waals surface area contributed by atoms with Crippen molar-refractivity contribution in [3.8, 4) is 22.8 Å². The molecule has 0 saturated carbocycles. The van der Waals surface area contributed by atoms with Crippen molar-refractivity contribution in [2.75, 3.05) is 0 Å². The highest BCUT2D eigenvalue weighted by Crippen LogP contribution is 2.33. The minimum absolute atomic E-state index is 0.00155. The summed E-state index contributed by atoms with van der Waals surface area (Å²) in [5.74, 6) is 0.624. The number of benzene rings is 1. The largest absolute Gasteiger partial charge is 0.493 e. The van der Waals surface area contributed by atoms with Crippen molar-refractivity contribution < 1.29 is 10.2 Å². The fourth-order valence-electron chi connectivity index (χ4n) is 2.27. The number of aromatic nitrogens is 3. The second-order valence-corrected chi connectivity index (χ2v) is 4.74. The lowest BCUT2D eigenvalue weighted by Gasteiger charge is -2.04. The second-order valence-electron chi connectivity index (χ2n) is 4.74. The van der Waals surface area contributed by atoms with Gasteiger partial charge < -0.3 is 10.2 Å². The van der Waals surface area contributed by atoms with Crippen LogP contribution < -0.4 is 0 Å². The second kappa shape index (κ2) is 5.38. The first kappa shape index (κ1) is 13.3. The summed E-state index contributed by atoms with van der Waals surface area (Å²) in [5.41, 5.74) is 3.07. The number of aryl methyl sites for hydroxylation is 1. The summed E-state index contributed by atoms with van der Waals surface area (Å²) in [6, 6.07) is 12.8. The lowest BCUT2D eigenvalue weighted by atomic mass is 10.0. The van der Waals surface area contributed by atoms with Gasteiger partial charge in [0.1, 0.15) is 0 Å². The zero-order chi connectivity index (χ0) is 14.8. The van der Waals surface area contributed by atoms with Crippen molar-refractivity contribution in [2.24, 2.45) is 0 Å². The molecule has 5 nitrogen and oxygen atoms in total. The fourth-order valence-corrected chi connectivity index (χ4v) is 2.27. The number of aromatic hydroxyl groups is 1. The number of aliphatic hydroxyl groups excluding tert-OH is 1. The summed E-state index contributed by atoms with van der Waals surface area (Å²) in [7, 11) is 0. The van der Waals surface area contributed by atoms with E-state index >= 15 is 0 Å². The van der Waals surface area contributed by atoms with Crippen molar-refractivity contribution in [2.45, 2.75) is 13.5 Å². The Labute approximate surface area is 122 Å².